The molecule has 1 aromatic heterocycles. The molecule has 3 rings (SSSR count). The van der Waals surface area contributed by atoms with Gasteiger partial charge >= 0.3 is 0 Å². The van der Waals surface area contributed by atoms with E-state index in [2.05, 4.69) is 43.1 Å². The van der Waals surface area contributed by atoms with Gasteiger partial charge in [-0.15, -0.1) is 0 Å². The van der Waals surface area contributed by atoms with Crippen LogP contribution in [0.25, 0.3) is 22.0 Å². The first-order valence-corrected chi connectivity index (χ1v) is 6.54. The van der Waals surface area contributed by atoms with Crippen molar-refractivity contribution in [2.24, 2.45) is 0 Å². The number of aryl methyl sites for hydroxylation is 2. The van der Waals surface area contributed by atoms with Gasteiger partial charge in [0.1, 0.15) is 0 Å². The maximum Gasteiger partial charge on any atom is 0.0991 e. The van der Waals surface area contributed by atoms with Crippen molar-refractivity contribution in [3.05, 3.63) is 65.4 Å². The van der Waals surface area contributed by atoms with Gasteiger partial charge in [0.2, 0.25) is 0 Å². The largest absolute Gasteiger partial charge is 0.256 e. The van der Waals surface area contributed by atoms with Crippen LogP contribution in [0.1, 0.15) is 16.7 Å². The van der Waals surface area contributed by atoms with Crippen LogP contribution in [-0.4, -0.2) is 4.98 Å². The Hall–Kier alpha value is -2.66. The highest BCUT2D eigenvalue weighted by atomic mass is 14.7. The predicted octanol–water partition coefficient (Wildman–Crippen LogP) is 4.39. The van der Waals surface area contributed by atoms with Crippen LogP contribution in [0.5, 0.6) is 0 Å². The zero-order valence-corrected chi connectivity index (χ0v) is 11.5. The van der Waals surface area contributed by atoms with Gasteiger partial charge in [-0.2, -0.15) is 5.26 Å². The number of nitriles is 1. The van der Waals surface area contributed by atoms with Crippen LogP contribution >= 0.6 is 0 Å². The molecule has 0 spiro atoms. The second-order valence-corrected chi connectivity index (χ2v) is 5.12. The van der Waals surface area contributed by atoms with Gasteiger partial charge in [-0.05, 0) is 49.6 Å². The summed E-state index contributed by atoms with van der Waals surface area (Å²) in [5.41, 5.74) is 5.20. The maximum absolute atomic E-state index is 8.99. The molecule has 0 unspecified atom stereocenters. The normalized spacial score (nSPS) is 10.4. The number of hydrogen-bond acceptors (Lipinski definition) is 2. The Balaban J connectivity index is 2.19. The highest BCUT2D eigenvalue weighted by Gasteiger charge is 2.04. The van der Waals surface area contributed by atoms with Crippen molar-refractivity contribution in [3.63, 3.8) is 0 Å². The second kappa shape index (κ2) is 4.79. The van der Waals surface area contributed by atoms with E-state index in [9.17, 15) is 0 Å². The molecule has 0 aliphatic heterocycles. The Morgan fingerprint density at radius 3 is 2.35 bits per heavy atom. The van der Waals surface area contributed by atoms with Gasteiger partial charge < -0.3 is 0 Å². The Kier molecular flexibility index (Phi) is 2.96. The molecule has 0 aliphatic rings. The van der Waals surface area contributed by atoms with Crippen molar-refractivity contribution in [1.29, 1.82) is 5.26 Å². The molecule has 0 aliphatic carbocycles. The van der Waals surface area contributed by atoms with Crippen molar-refractivity contribution in [1.82, 2.24) is 4.98 Å². The number of nitrogens with zero attached hydrogens (tertiary/aromatic N) is 2. The summed E-state index contributed by atoms with van der Waals surface area (Å²) in [6.45, 7) is 4.18. The first-order valence-electron chi connectivity index (χ1n) is 6.54. The fraction of sp³-hybridized carbons (Fsp3) is 0.111. The molecule has 1 heterocycles. The van der Waals surface area contributed by atoms with E-state index in [0.717, 1.165) is 22.0 Å². The van der Waals surface area contributed by atoms with Crippen LogP contribution in [0.2, 0.25) is 0 Å². The molecule has 0 N–H and O–H groups in total. The van der Waals surface area contributed by atoms with Crippen molar-refractivity contribution in [2.75, 3.05) is 0 Å². The minimum absolute atomic E-state index is 0.676. The number of benzene rings is 2. The summed E-state index contributed by atoms with van der Waals surface area (Å²) in [7, 11) is 0. The summed E-state index contributed by atoms with van der Waals surface area (Å²) >= 11 is 0. The van der Waals surface area contributed by atoms with Crippen molar-refractivity contribution in [3.8, 4) is 17.3 Å². The molecule has 2 aromatic carbocycles. The van der Waals surface area contributed by atoms with E-state index in [0.29, 0.717) is 5.56 Å². The topological polar surface area (TPSA) is 36.7 Å². The third-order valence-corrected chi connectivity index (χ3v) is 3.37. The molecule has 0 radical (unpaired) electrons. The highest BCUT2D eigenvalue weighted by molar-refractivity contribution is 5.86. The first kappa shape index (κ1) is 12.4. The van der Waals surface area contributed by atoms with E-state index in [-0.39, 0.29) is 0 Å². The minimum atomic E-state index is 0.676. The zero-order chi connectivity index (χ0) is 14.1. The van der Waals surface area contributed by atoms with Crippen LogP contribution in [0.4, 0.5) is 0 Å². The molecule has 0 bridgehead atoms. The van der Waals surface area contributed by atoms with E-state index in [1.165, 1.54) is 11.1 Å². The van der Waals surface area contributed by atoms with Crippen molar-refractivity contribution < 1.29 is 0 Å². The standard InChI is InChI=1S/C18H14N2/c1-12-5-13(2)7-17(6-12)18-9-16-8-14(10-19)3-4-15(16)11-20-18/h3-9,11H,1-2H3. The molecule has 0 fully saturated rings. The van der Waals surface area contributed by atoms with Gasteiger partial charge in [-0.3, -0.25) is 4.98 Å². The number of aromatic nitrogens is 1. The summed E-state index contributed by atoms with van der Waals surface area (Å²) in [5.74, 6) is 0. The lowest BCUT2D eigenvalue weighted by molar-refractivity contribution is 1.32. The van der Waals surface area contributed by atoms with E-state index in [4.69, 9.17) is 5.26 Å². The SMILES string of the molecule is Cc1cc(C)cc(-c2cc3cc(C#N)ccc3cn2)c1. The molecular formula is C18H14N2. The average molecular weight is 258 g/mol. The Morgan fingerprint density at radius 2 is 1.65 bits per heavy atom. The summed E-state index contributed by atoms with van der Waals surface area (Å²) in [6, 6.07) is 16.3. The molecule has 0 amide bonds. The van der Waals surface area contributed by atoms with E-state index in [1.807, 2.05) is 30.5 Å². The molecule has 3 aromatic rings. The highest BCUT2D eigenvalue weighted by Crippen LogP contribution is 2.24. The lowest BCUT2D eigenvalue weighted by Gasteiger charge is -2.06. The smallest absolute Gasteiger partial charge is 0.0991 e. The summed E-state index contributed by atoms with van der Waals surface area (Å²) in [6.07, 6.45) is 1.86. The molecule has 0 atom stereocenters. The van der Waals surface area contributed by atoms with E-state index < -0.39 is 0 Å². The summed E-state index contributed by atoms with van der Waals surface area (Å²) in [5, 5.41) is 11.1. The molecule has 96 valence electrons. The predicted molar refractivity (Wildman–Crippen MR) is 81.4 cm³/mol. The van der Waals surface area contributed by atoms with Gasteiger partial charge in [0.05, 0.1) is 17.3 Å². The van der Waals surface area contributed by atoms with Crippen LogP contribution in [0, 0.1) is 25.2 Å². The lowest BCUT2D eigenvalue weighted by Crippen LogP contribution is -1.87. The molecule has 2 nitrogen and oxygen atoms in total. The Morgan fingerprint density at radius 1 is 0.900 bits per heavy atom. The number of hydrogen-bond donors (Lipinski definition) is 0. The van der Waals surface area contributed by atoms with Crippen molar-refractivity contribution in [2.45, 2.75) is 13.8 Å². The molecular weight excluding hydrogens is 244 g/mol. The fourth-order valence-corrected chi connectivity index (χ4v) is 2.49. The Labute approximate surface area is 118 Å². The van der Waals surface area contributed by atoms with Crippen molar-refractivity contribution >= 4 is 10.8 Å². The van der Waals surface area contributed by atoms with Gasteiger partial charge in [0, 0.05) is 17.1 Å². The van der Waals surface area contributed by atoms with Crippen LogP contribution in [0.3, 0.4) is 0 Å². The van der Waals surface area contributed by atoms with Crippen LogP contribution < -0.4 is 0 Å². The number of rotatable bonds is 1. The molecule has 0 saturated carbocycles. The van der Waals surface area contributed by atoms with E-state index >= 15 is 0 Å². The number of pyridine rings is 1. The second-order valence-electron chi connectivity index (χ2n) is 5.12. The summed E-state index contributed by atoms with van der Waals surface area (Å²) < 4.78 is 0. The van der Waals surface area contributed by atoms with Gasteiger partial charge in [-0.25, -0.2) is 0 Å². The first-order chi connectivity index (χ1) is 9.65. The third kappa shape index (κ3) is 2.26. The maximum atomic E-state index is 8.99. The van der Waals surface area contributed by atoms with Gasteiger partial charge in [0.25, 0.3) is 0 Å². The van der Waals surface area contributed by atoms with Crippen LogP contribution in [0.15, 0.2) is 48.7 Å². The molecule has 20 heavy (non-hydrogen) atoms. The number of fused-ring (bicyclic) bond motifs is 1. The monoisotopic (exact) mass is 258 g/mol. The lowest BCUT2D eigenvalue weighted by atomic mass is 10.0. The summed E-state index contributed by atoms with van der Waals surface area (Å²) in [4.78, 5) is 4.53. The van der Waals surface area contributed by atoms with Gasteiger partial charge in [0.15, 0.2) is 0 Å². The van der Waals surface area contributed by atoms with Gasteiger partial charge in [-0.1, -0.05) is 23.3 Å². The minimum Gasteiger partial charge on any atom is -0.256 e. The average Bonchev–Trinajstić information content (AvgIpc) is 2.45. The van der Waals surface area contributed by atoms with E-state index in [1.54, 1.807) is 0 Å². The zero-order valence-electron chi connectivity index (χ0n) is 11.5. The molecule has 2 heteroatoms. The van der Waals surface area contributed by atoms with Crippen LogP contribution in [-0.2, 0) is 0 Å². The Bertz CT molecular complexity index is 821. The quantitative estimate of drug-likeness (QED) is 0.649. The fourth-order valence-electron chi connectivity index (χ4n) is 2.49. The third-order valence-electron chi connectivity index (χ3n) is 3.37. The molecule has 0 saturated heterocycles.